The number of rotatable bonds is 6. The third-order valence-electron chi connectivity index (χ3n) is 5.30. The van der Waals surface area contributed by atoms with Gasteiger partial charge in [-0.3, -0.25) is 10.1 Å². The molecular weight excluding hydrogens is 359 g/mol. The smallest absolute Gasteiger partial charge is 0.156 e. The molecule has 146 valence electrons. The minimum absolute atomic E-state index is 0.0672. The van der Waals surface area contributed by atoms with Crippen LogP contribution in [0.4, 0.5) is 4.39 Å². The number of hydrogen-bond acceptors (Lipinski definition) is 5. The second-order valence-corrected chi connectivity index (χ2v) is 7.07. The van der Waals surface area contributed by atoms with Gasteiger partial charge in [0.15, 0.2) is 5.78 Å². The fourth-order valence-electron chi connectivity index (χ4n) is 3.77. The van der Waals surface area contributed by atoms with E-state index in [-0.39, 0.29) is 30.1 Å². The summed E-state index contributed by atoms with van der Waals surface area (Å²) < 4.78 is 13.4. The molecule has 2 heterocycles. The number of nitrogens with one attached hydrogen (secondary N) is 3. The fraction of sp³-hybridized carbons (Fsp3) is 0.286. The number of aromatic nitrogens is 1. The van der Waals surface area contributed by atoms with Crippen LogP contribution in [-0.4, -0.2) is 41.5 Å². The van der Waals surface area contributed by atoms with Gasteiger partial charge in [0.05, 0.1) is 11.7 Å². The predicted octanol–water partition coefficient (Wildman–Crippen LogP) is 1.67. The van der Waals surface area contributed by atoms with Gasteiger partial charge in [0, 0.05) is 42.0 Å². The zero-order valence-corrected chi connectivity index (χ0v) is 15.3. The molecule has 0 spiro atoms. The van der Waals surface area contributed by atoms with Gasteiger partial charge < -0.3 is 21.1 Å². The first-order chi connectivity index (χ1) is 13.6. The Balaban J connectivity index is 1.62. The van der Waals surface area contributed by atoms with E-state index in [9.17, 15) is 14.3 Å². The molecule has 0 saturated carbocycles. The molecule has 3 aromatic rings. The molecule has 1 unspecified atom stereocenters. The van der Waals surface area contributed by atoms with E-state index in [1.54, 1.807) is 12.1 Å². The van der Waals surface area contributed by atoms with Crippen LogP contribution in [0.15, 0.2) is 48.5 Å². The lowest BCUT2D eigenvalue weighted by Crippen LogP contribution is -2.40. The van der Waals surface area contributed by atoms with E-state index < -0.39 is 6.23 Å². The molecule has 0 amide bonds. The van der Waals surface area contributed by atoms with Gasteiger partial charge >= 0.3 is 0 Å². The summed E-state index contributed by atoms with van der Waals surface area (Å²) in [5.41, 5.74) is 8.66. The van der Waals surface area contributed by atoms with Crippen LogP contribution in [-0.2, 0) is 4.79 Å². The SMILES string of the molecule is NC[C@H]1CN[C@H](CNC(O)c2[nH]c3ccccc3c2-c2ccc(F)cc2)C1=O. The highest BCUT2D eigenvalue weighted by Crippen LogP contribution is 2.35. The van der Waals surface area contributed by atoms with E-state index in [4.69, 9.17) is 5.73 Å². The first kappa shape index (κ1) is 18.8. The topological polar surface area (TPSA) is 103 Å². The maximum atomic E-state index is 13.4. The molecule has 1 fully saturated rings. The summed E-state index contributed by atoms with van der Waals surface area (Å²) in [6, 6.07) is 13.5. The van der Waals surface area contributed by atoms with E-state index in [0.717, 1.165) is 22.0 Å². The van der Waals surface area contributed by atoms with Crippen LogP contribution in [0, 0.1) is 11.7 Å². The van der Waals surface area contributed by atoms with Crippen LogP contribution in [0.2, 0.25) is 0 Å². The van der Waals surface area contributed by atoms with Crippen molar-refractivity contribution in [2.45, 2.75) is 12.3 Å². The minimum Gasteiger partial charge on any atom is -0.373 e. The fourth-order valence-corrected chi connectivity index (χ4v) is 3.77. The van der Waals surface area contributed by atoms with Crippen molar-refractivity contribution < 1.29 is 14.3 Å². The number of hydrogen-bond donors (Lipinski definition) is 5. The van der Waals surface area contributed by atoms with Gasteiger partial charge in [-0.1, -0.05) is 30.3 Å². The number of aliphatic hydroxyl groups is 1. The number of nitrogens with two attached hydrogens (primary N) is 1. The molecule has 6 N–H and O–H groups in total. The van der Waals surface area contributed by atoms with Crippen LogP contribution < -0.4 is 16.4 Å². The zero-order chi connectivity index (χ0) is 19.7. The zero-order valence-electron chi connectivity index (χ0n) is 15.3. The second-order valence-electron chi connectivity index (χ2n) is 7.07. The predicted molar refractivity (Wildman–Crippen MR) is 106 cm³/mol. The average molecular weight is 382 g/mol. The summed E-state index contributed by atoms with van der Waals surface area (Å²) in [6.07, 6.45) is -1.01. The van der Waals surface area contributed by atoms with Crippen LogP contribution in [0.3, 0.4) is 0 Å². The van der Waals surface area contributed by atoms with Crippen molar-refractivity contribution in [2.24, 2.45) is 11.7 Å². The van der Waals surface area contributed by atoms with E-state index in [1.807, 2.05) is 24.3 Å². The number of aromatic amines is 1. The Morgan fingerprint density at radius 3 is 2.68 bits per heavy atom. The molecule has 6 nitrogen and oxygen atoms in total. The van der Waals surface area contributed by atoms with Crippen LogP contribution in [0.1, 0.15) is 11.9 Å². The monoisotopic (exact) mass is 382 g/mol. The van der Waals surface area contributed by atoms with Crippen molar-refractivity contribution >= 4 is 16.7 Å². The third kappa shape index (κ3) is 3.45. The number of aliphatic hydroxyl groups excluding tert-OH is 1. The van der Waals surface area contributed by atoms with Gasteiger partial charge in [0.2, 0.25) is 0 Å². The first-order valence-corrected chi connectivity index (χ1v) is 9.33. The molecule has 0 radical (unpaired) electrons. The third-order valence-corrected chi connectivity index (χ3v) is 5.30. The quantitative estimate of drug-likeness (QED) is 0.417. The van der Waals surface area contributed by atoms with Gasteiger partial charge in [-0.05, 0) is 23.8 Å². The lowest BCUT2D eigenvalue weighted by atomic mass is 10.0. The van der Waals surface area contributed by atoms with Crippen molar-refractivity contribution in [2.75, 3.05) is 19.6 Å². The van der Waals surface area contributed by atoms with E-state index in [1.165, 1.54) is 12.1 Å². The van der Waals surface area contributed by atoms with Crippen LogP contribution >= 0.6 is 0 Å². The highest BCUT2D eigenvalue weighted by Gasteiger charge is 2.33. The van der Waals surface area contributed by atoms with Crippen molar-refractivity contribution in [3.05, 3.63) is 60.0 Å². The van der Waals surface area contributed by atoms with Gasteiger partial charge in [-0.15, -0.1) is 0 Å². The molecule has 1 aromatic heterocycles. The Hall–Kier alpha value is -2.58. The van der Waals surface area contributed by atoms with E-state index in [0.29, 0.717) is 18.8 Å². The summed E-state index contributed by atoms with van der Waals surface area (Å²) in [4.78, 5) is 15.5. The van der Waals surface area contributed by atoms with Crippen molar-refractivity contribution in [1.29, 1.82) is 0 Å². The number of benzene rings is 2. The summed E-state index contributed by atoms with van der Waals surface area (Å²) in [5, 5.41) is 17.9. The lowest BCUT2D eigenvalue weighted by molar-refractivity contribution is -0.121. The average Bonchev–Trinajstić information content (AvgIpc) is 3.27. The molecule has 7 heteroatoms. The van der Waals surface area contributed by atoms with Gasteiger partial charge in [-0.2, -0.15) is 0 Å². The molecule has 3 atom stereocenters. The Labute approximate surface area is 161 Å². The number of Topliss-reactive ketones (excluding diaryl/α,β-unsaturated/α-hetero) is 1. The van der Waals surface area contributed by atoms with E-state index in [2.05, 4.69) is 15.6 Å². The molecule has 28 heavy (non-hydrogen) atoms. The Morgan fingerprint density at radius 1 is 1.21 bits per heavy atom. The van der Waals surface area contributed by atoms with Gasteiger partial charge in [0.1, 0.15) is 12.0 Å². The molecule has 0 aliphatic carbocycles. The second kappa shape index (κ2) is 7.81. The van der Waals surface area contributed by atoms with Crippen molar-refractivity contribution in [1.82, 2.24) is 15.6 Å². The molecule has 4 rings (SSSR count). The number of halogens is 1. The maximum absolute atomic E-state index is 13.4. The number of ketones is 1. The molecule has 0 bridgehead atoms. The number of carbonyl (C=O) groups is 1. The summed E-state index contributed by atoms with van der Waals surface area (Å²) in [6.45, 7) is 1.17. The number of para-hydroxylation sites is 1. The Kier molecular flexibility index (Phi) is 5.23. The summed E-state index contributed by atoms with van der Waals surface area (Å²) in [7, 11) is 0. The van der Waals surface area contributed by atoms with Gasteiger partial charge in [0.25, 0.3) is 0 Å². The first-order valence-electron chi connectivity index (χ1n) is 9.33. The highest BCUT2D eigenvalue weighted by atomic mass is 19.1. The highest BCUT2D eigenvalue weighted by molar-refractivity contribution is 5.97. The normalized spacial score (nSPS) is 20.8. The Bertz CT molecular complexity index is 986. The maximum Gasteiger partial charge on any atom is 0.156 e. The molecular formula is C21H23FN4O2. The number of carbonyl (C=O) groups excluding carboxylic acids is 1. The summed E-state index contributed by atoms with van der Waals surface area (Å²) in [5.74, 6) is -0.423. The van der Waals surface area contributed by atoms with Crippen molar-refractivity contribution in [3.8, 4) is 11.1 Å². The molecule has 1 saturated heterocycles. The Morgan fingerprint density at radius 2 is 1.96 bits per heavy atom. The molecule has 2 aromatic carbocycles. The lowest BCUT2D eigenvalue weighted by Gasteiger charge is -2.17. The van der Waals surface area contributed by atoms with Crippen LogP contribution in [0.25, 0.3) is 22.0 Å². The number of H-pyrrole nitrogens is 1. The largest absolute Gasteiger partial charge is 0.373 e. The van der Waals surface area contributed by atoms with Crippen molar-refractivity contribution in [3.63, 3.8) is 0 Å². The van der Waals surface area contributed by atoms with Crippen LogP contribution in [0.5, 0.6) is 0 Å². The minimum atomic E-state index is -1.01. The molecule has 1 aliphatic rings. The standard InChI is InChI=1S/C21H23FN4O2/c22-14-7-5-12(6-8-14)18-15-3-1-2-4-16(15)26-19(18)21(28)25-11-17-20(27)13(9-23)10-24-17/h1-8,13,17,21,24-26,28H,9-11,23H2/t13-,17+,21?/m0/s1. The van der Waals surface area contributed by atoms with Gasteiger partial charge in [-0.25, -0.2) is 4.39 Å². The number of fused-ring (bicyclic) bond motifs is 1. The van der Waals surface area contributed by atoms with E-state index >= 15 is 0 Å². The molecule has 1 aliphatic heterocycles. The summed E-state index contributed by atoms with van der Waals surface area (Å²) >= 11 is 0.